The Kier molecular flexibility index (Phi) is 7.33. The minimum Gasteiger partial charge on any atom is -0.489 e. The first-order chi connectivity index (χ1) is 9.65. The molecular formula is C14H19ClFNO3. The van der Waals surface area contributed by atoms with Crippen molar-refractivity contribution in [2.24, 2.45) is 0 Å². The summed E-state index contributed by atoms with van der Waals surface area (Å²) < 4.78 is 22.9. The quantitative estimate of drug-likeness (QED) is 0.547. The molecule has 0 spiro atoms. The number of hydrogen-bond donors (Lipinski definition) is 0. The fourth-order valence-electron chi connectivity index (χ4n) is 1.76. The molecule has 1 amide bonds. The summed E-state index contributed by atoms with van der Waals surface area (Å²) in [6.45, 7) is 3.58. The number of para-hydroxylation sites is 1. The van der Waals surface area contributed by atoms with Crippen molar-refractivity contribution in [2.75, 3.05) is 37.4 Å². The summed E-state index contributed by atoms with van der Waals surface area (Å²) in [7, 11) is 0. The minimum absolute atomic E-state index is 0.0615. The summed E-state index contributed by atoms with van der Waals surface area (Å²) in [5.41, 5.74) is 1.40. The summed E-state index contributed by atoms with van der Waals surface area (Å²) in [4.78, 5) is 13.4. The number of hydrogen-bond acceptors (Lipinski definition) is 3. The second-order valence-corrected chi connectivity index (χ2v) is 4.30. The highest BCUT2D eigenvalue weighted by Gasteiger charge is 2.21. The monoisotopic (exact) mass is 303 g/mol. The van der Waals surface area contributed by atoms with Crippen molar-refractivity contribution in [3.63, 3.8) is 0 Å². The first-order valence-corrected chi connectivity index (χ1v) is 6.91. The third kappa shape index (κ3) is 4.35. The van der Waals surface area contributed by atoms with Crippen LogP contribution in [0.4, 0.5) is 10.1 Å². The van der Waals surface area contributed by atoms with Gasteiger partial charge >= 0.3 is 0 Å². The number of benzene rings is 1. The number of nitrogens with zero attached hydrogens (tertiary/aromatic N) is 1. The molecule has 0 radical (unpaired) electrons. The van der Waals surface area contributed by atoms with E-state index in [1.807, 2.05) is 19.9 Å². The Balaban J connectivity index is 3.12. The number of rotatable bonds is 8. The van der Waals surface area contributed by atoms with Crippen LogP contribution in [-0.2, 0) is 9.53 Å². The molecule has 0 saturated heterocycles. The Morgan fingerprint density at radius 1 is 1.45 bits per heavy atom. The number of ether oxygens (including phenoxy) is 2. The van der Waals surface area contributed by atoms with Gasteiger partial charge in [-0.05, 0) is 25.5 Å². The summed E-state index contributed by atoms with van der Waals surface area (Å²) in [5.74, 6) is -0.00965. The highest BCUT2D eigenvalue weighted by atomic mass is 35.5. The lowest BCUT2D eigenvalue weighted by molar-refractivity contribution is -0.117. The van der Waals surface area contributed by atoms with Crippen molar-refractivity contribution in [1.82, 2.24) is 0 Å². The average molecular weight is 304 g/mol. The first-order valence-electron chi connectivity index (χ1n) is 6.38. The smallest absolute Gasteiger partial charge is 0.243 e. The number of alkyl halides is 2. The number of aryl methyl sites for hydroxylation is 1. The molecule has 0 aliphatic carbocycles. The first kappa shape index (κ1) is 16.7. The van der Waals surface area contributed by atoms with Gasteiger partial charge < -0.3 is 9.47 Å². The maximum absolute atomic E-state index is 12.3. The molecule has 4 nitrogen and oxygen atoms in total. The van der Waals surface area contributed by atoms with Gasteiger partial charge in [-0.25, -0.2) is 4.39 Å². The molecule has 0 atom stereocenters. The Bertz CT molecular complexity index is 442. The van der Waals surface area contributed by atoms with E-state index in [4.69, 9.17) is 21.1 Å². The molecule has 0 fully saturated rings. The summed E-state index contributed by atoms with van der Waals surface area (Å²) in [5, 5.41) is 0. The summed E-state index contributed by atoms with van der Waals surface area (Å²) in [6, 6.07) is 5.33. The van der Waals surface area contributed by atoms with Crippen LogP contribution in [0.15, 0.2) is 18.2 Å². The highest BCUT2D eigenvalue weighted by Crippen LogP contribution is 2.32. The van der Waals surface area contributed by atoms with E-state index in [2.05, 4.69) is 0 Å². The Morgan fingerprint density at radius 3 is 2.80 bits per heavy atom. The van der Waals surface area contributed by atoms with Crippen LogP contribution in [0.25, 0.3) is 0 Å². The van der Waals surface area contributed by atoms with Crippen molar-refractivity contribution >= 4 is 23.2 Å². The summed E-state index contributed by atoms with van der Waals surface area (Å²) in [6.07, 6.45) is 0. The van der Waals surface area contributed by atoms with Gasteiger partial charge in [-0.1, -0.05) is 12.1 Å². The Morgan fingerprint density at radius 2 is 2.20 bits per heavy atom. The van der Waals surface area contributed by atoms with Gasteiger partial charge in [-0.2, -0.15) is 0 Å². The third-order valence-electron chi connectivity index (χ3n) is 2.65. The molecule has 0 N–H and O–H groups in total. The van der Waals surface area contributed by atoms with Crippen LogP contribution in [0.5, 0.6) is 5.75 Å². The lowest BCUT2D eigenvalue weighted by atomic mass is 10.1. The van der Waals surface area contributed by atoms with Gasteiger partial charge in [0, 0.05) is 6.61 Å². The molecular weight excluding hydrogens is 285 g/mol. The molecule has 112 valence electrons. The van der Waals surface area contributed by atoms with Gasteiger partial charge in [0.1, 0.15) is 31.6 Å². The van der Waals surface area contributed by atoms with E-state index >= 15 is 0 Å². The molecule has 0 aliphatic rings. The minimum atomic E-state index is -0.595. The lowest BCUT2D eigenvalue weighted by Crippen LogP contribution is -2.35. The molecule has 1 aromatic rings. The van der Waals surface area contributed by atoms with E-state index in [1.54, 1.807) is 12.1 Å². The van der Waals surface area contributed by atoms with Crippen LogP contribution < -0.4 is 9.64 Å². The fourth-order valence-corrected chi connectivity index (χ4v) is 1.90. The SMILES string of the molecule is CCOCN(C(=O)CCl)c1c(C)cccc1OCCF. The molecule has 1 aromatic carbocycles. The number of amides is 1. The molecule has 0 bridgehead atoms. The van der Waals surface area contributed by atoms with Gasteiger partial charge in [0.15, 0.2) is 0 Å². The molecule has 0 aromatic heterocycles. The zero-order valence-corrected chi connectivity index (χ0v) is 12.5. The largest absolute Gasteiger partial charge is 0.489 e. The van der Waals surface area contributed by atoms with E-state index in [-0.39, 0.29) is 25.1 Å². The van der Waals surface area contributed by atoms with Crippen LogP contribution in [0.3, 0.4) is 0 Å². The van der Waals surface area contributed by atoms with Crippen molar-refractivity contribution in [3.05, 3.63) is 23.8 Å². The van der Waals surface area contributed by atoms with E-state index in [0.717, 1.165) is 5.56 Å². The zero-order chi connectivity index (χ0) is 15.0. The van der Waals surface area contributed by atoms with Gasteiger partial charge in [-0.15, -0.1) is 11.6 Å². The summed E-state index contributed by atoms with van der Waals surface area (Å²) >= 11 is 5.64. The predicted octanol–water partition coefficient (Wildman–Crippen LogP) is 2.91. The molecule has 0 aliphatic heterocycles. The van der Waals surface area contributed by atoms with Gasteiger partial charge in [0.2, 0.25) is 5.91 Å². The maximum atomic E-state index is 12.3. The van der Waals surface area contributed by atoms with Gasteiger partial charge in [0.05, 0.1) is 5.69 Å². The third-order valence-corrected chi connectivity index (χ3v) is 2.87. The maximum Gasteiger partial charge on any atom is 0.243 e. The second-order valence-electron chi connectivity index (χ2n) is 4.04. The standard InChI is InChI=1S/C14H19ClFNO3/c1-3-19-10-17(13(18)9-15)14-11(2)5-4-6-12(14)20-8-7-16/h4-6H,3,7-10H2,1-2H3. The van der Waals surface area contributed by atoms with Crippen molar-refractivity contribution in [3.8, 4) is 5.75 Å². The van der Waals surface area contributed by atoms with E-state index in [9.17, 15) is 9.18 Å². The number of carbonyl (C=O) groups excluding carboxylic acids is 1. The van der Waals surface area contributed by atoms with Gasteiger partial charge in [-0.3, -0.25) is 9.69 Å². The van der Waals surface area contributed by atoms with Crippen LogP contribution >= 0.6 is 11.6 Å². The second kappa shape index (κ2) is 8.76. The molecule has 0 unspecified atom stereocenters. The highest BCUT2D eigenvalue weighted by molar-refractivity contribution is 6.29. The Labute approximate surface area is 123 Å². The molecule has 20 heavy (non-hydrogen) atoms. The fraction of sp³-hybridized carbons (Fsp3) is 0.500. The van der Waals surface area contributed by atoms with E-state index < -0.39 is 6.67 Å². The van der Waals surface area contributed by atoms with Crippen LogP contribution in [-0.4, -0.2) is 38.4 Å². The number of halogens is 2. The molecule has 6 heteroatoms. The average Bonchev–Trinajstić information content (AvgIpc) is 2.46. The number of carbonyl (C=O) groups is 1. The molecule has 1 rings (SSSR count). The normalized spacial score (nSPS) is 10.4. The van der Waals surface area contributed by atoms with Crippen LogP contribution in [0.2, 0.25) is 0 Å². The molecule has 0 saturated carbocycles. The van der Waals surface area contributed by atoms with Crippen molar-refractivity contribution < 1.29 is 18.7 Å². The lowest BCUT2D eigenvalue weighted by Gasteiger charge is -2.25. The van der Waals surface area contributed by atoms with Crippen LogP contribution in [0, 0.1) is 6.92 Å². The van der Waals surface area contributed by atoms with Gasteiger partial charge in [0.25, 0.3) is 0 Å². The van der Waals surface area contributed by atoms with Crippen molar-refractivity contribution in [1.29, 1.82) is 0 Å². The van der Waals surface area contributed by atoms with E-state index in [0.29, 0.717) is 18.0 Å². The molecule has 0 heterocycles. The predicted molar refractivity (Wildman–Crippen MR) is 77.3 cm³/mol. The zero-order valence-electron chi connectivity index (χ0n) is 11.7. The number of anilines is 1. The topological polar surface area (TPSA) is 38.8 Å². The van der Waals surface area contributed by atoms with Crippen LogP contribution in [0.1, 0.15) is 12.5 Å². The Hall–Kier alpha value is -1.33. The van der Waals surface area contributed by atoms with Crippen molar-refractivity contribution in [2.45, 2.75) is 13.8 Å². The van der Waals surface area contributed by atoms with E-state index in [1.165, 1.54) is 4.90 Å².